The van der Waals surface area contributed by atoms with Crippen molar-refractivity contribution in [3.63, 3.8) is 0 Å². The number of rotatable bonds is 3. The minimum atomic E-state index is -1.16. The van der Waals surface area contributed by atoms with Crippen LogP contribution < -0.4 is 5.32 Å². The maximum absolute atomic E-state index is 11.8. The van der Waals surface area contributed by atoms with Crippen molar-refractivity contribution in [3.05, 3.63) is 41.5 Å². The van der Waals surface area contributed by atoms with Crippen LogP contribution in [0.25, 0.3) is 0 Å². The van der Waals surface area contributed by atoms with Crippen molar-refractivity contribution in [3.8, 4) is 0 Å². The first-order valence-electron chi connectivity index (χ1n) is 5.00. The number of carboxylic acids is 1. The molecule has 1 amide bonds. The van der Waals surface area contributed by atoms with E-state index < -0.39 is 11.9 Å². The largest absolute Gasteiger partial charge is 0.477 e. The van der Waals surface area contributed by atoms with E-state index in [1.165, 1.54) is 24.5 Å². The first-order valence-corrected chi connectivity index (χ1v) is 5.00. The van der Waals surface area contributed by atoms with Crippen LogP contribution in [0.5, 0.6) is 0 Å². The number of pyridine rings is 1. The normalized spacial score (nSPS) is 10.1. The number of nitrogens with one attached hydrogen (secondary N) is 1. The lowest BCUT2D eigenvalue weighted by molar-refractivity contribution is 0.0690. The van der Waals surface area contributed by atoms with Crippen molar-refractivity contribution in [2.45, 2.75) is 6.92 Å². The zero-order valence-electron chi connectivity index (χ0n) is 9.38. The van der Waals surface area contributed by atoms with Gasteiger partial charge in [0, 0.05) is 11.9 Å². The fourth-order valence-corrected chi connectivity index (χ4v) is 1.34. The van der Waals surface area contributed by atoms with Gasteiger partial charge in [-0.15, -0.1) is 0 Å². The van der Waals surface area contributed by atoms with E-state index in [-0.39, 0.29) is 5.69 Å². The highest BCUT2D eigenvalue weighted by Gasteiger charge is 2.13. The van der Waals surface area contributed by atoms with Gasteiger partial charge in [0.2, 0.25) is 0 Å². The lowest BCUT2D eigenvalue weighted by atomic mass is 10.2. The van der Waals surface area contributed by atoms with Crippen molar-refractivity contribution >= 4 is 17.6 Å². The molecule has 7 heteroatoms. The summed E-state index contributed by atoms with van der Waals surface area (Å²) >= 11 is 0. The highest BCUT2D eigenvalue weighted by atomic mass is 16.5. The van der Waals surface area contributed by atoms with E-state index in [2.05, 4.69) is 15.5 Å². The van der Waals surface area contributed by atoms with Gasteiger partial charge in [0.15, 0.2) is 0 Å². The molecule has 0 aromatic carbocycles. The Morgan fingerprint density at radius 2 is 2.22 bits per heavy atom. The third-order valence-electron chi connectivity index (χ3n) is 2.23. The Hall–Kier alpha value is -2.70. The number of aryl methyl sites for hydroxylation is 1. The quantitative estimate of drug-likeness (QED) is 0.847. The molecule has 2 aromatic heterocycles. The van der Waals surface area contributed by atoms with Crippen LogP contribution in [0, 0.1) is 6.92 Å². The van der Waals surface area contributed by atoms with Gasteiger partial charge in [-0.25, -0.2) is 9.78 Å². The maximum atomic E-state index is 11.8. The third-order valence-corrected chi connectivity index (χ3v) is 2.23. The average molecular weight is 247 g/mol. The molecular weight excluding hydrogens is 238 g/mol. The van der Waals surface area contributed by atoms with Crippen molar-refractivity contribution in [1.82, 2.24) is 10.1 Å². The predicted octanol–water partition coefficient (Wildman–Crippen LogP) is 1.33. The summed E-state index contributed by atoms with van der Waals surface area (Å²) in [5.74, 6) is -1.19. The molecule has 18 heavy (non-hydrogen) atoms. The molecule has 0 spiro atoms. The molecule has 0 fully saturated rings. The Morgan fingerprint density at radius 1 is 1.44 bits per heavy atom. The molecule has 2 aromatic rings. The van der Waals surface area contributed by atoms with E-state index in [4.69, 9.17) is 9.63 Å². The van der Waals surface area contributed by atoms with Gasteiger partial charge in [-0.3, -0.25) is 4.79 Å². The first-order chi connectivity index (χ1) is 8.58. The molecule has 0 saturated carbocycles. The van der Waals surface area contributed by atoms with Crippen LogP contribution in [0.4, 0.5) is 5.69 Å². The molecule has 7 nitrogen and oxygen atoms in total. The Labute approximate surface area is 101 Å². The topological polar surface area (TPSA) is 105 Å². The summed E-state index contributed by atoms with van der Waals surface area (Å²) in [5.41, 5.74) is 0.492. The smallest absolute Gasteiger partial charge is 0.354 e. The SMILES string of the molecule is Cc1oncc1C(=O)Nc1ccnc(C(=O)O)c1. The van der Waals surface area contributed by atoms with E-state index in [0.29, 0.717) is 17.0 Å². The minimum Gasteiger partial charge on any atom is -0.477 e. The number of anilines is 1. The predicted molar refractivity (Wildman–Crippen MR) is 60.4 cm³/mol. The highest BCUT2D eigenvalue weighted by Crippen LogP contribution is 2.12. The molecule has 2 rings (SSSR count). The van der Waals surface area contributed by atoms with E-state index in [1.54, 1.807) is 6.92 Å². The summed E-state index contributed by atoms with van der Waals surface area (Å²) in [6.45, 7) is 1.61. The van der Waals surface area contributed by atoms with Gasteiger partial charge in [0.05, 0.1) is 6.20 Å². The summed E-state index contributed by atoms with van der Waals surface area (Å²) in [4.78, 5) is 26.2. The van der Waals surface area contributed by atoms with Crippen LogP contribution in [0.2, 0.25) is 0 Å². The zero-order valence-corrected chi connectivity index (χ0v) is 9.38. The summed E-state index contributed by atoms with van der Waals surface area (Å²) in [6, 6.07) is 2.76. The monoisotopic (exact) mass is 247 g/mol. The fraction of sp³-hybridized carbons (Fsp3) is 0.0909. The molecule has 0 unspecified atom stereocenters. The van der Waals surface area contributed by atoms with Gasteiger partial charge in [-0.05, 0) is 19.1 Å². The van der Waals surface area contributed by atoms with Crippen molar-refractivity contribution < 1.29 is 19.2 Å². The lowest BCUT2D eigenvalue weighted by Crippen LogP contribution is -2.13. The second kappa shape index (κ2) is 4.66. The maximum Gasteiger partial charge on any atom is 0.354 e. The number of carbonyl (C=O) groups excluding carboxylic acids is 1. The minimum absolute atomic E-state index is 0.144. The van der Waals surface area contributed by atoms with Crippen LogP contribution in [0.15, 0.2) is 29.0 Å². The number of nitrogens with zero attached hydrogens (tertiary/aromatic N) is 2. The van der Waals surface area contributed by atoms with Gasteiger partial charge in [0.1, 0.15) is 17.0 Å². The van der Waals surface area contributed by atoms with Gasteiger partial charge in [-0.1, -0.05) is 5.16 Å². The molecule has 92 valence electrons. The van der Waals surface area contributed by atoms with Gasteiger partial charge >= 0.3 is 5.97 Å². The number of aromatic nitrogens is 2. The molecule has 2 heterocycles. The Kier molecular flexibility index (Phi) is 3.05. The summed E-state index contributed by atoms with van der Waals surface area (Å²) < 4.78 is 4.77. The summed E-state index contributed by atoms with van der Waals surface area (Å²) in [5, 5.41) is 14.8. The van der Waals surface area contributed by atoms with Crippen LogP contribution in [-0.2, 0) is 0 Å². The Bertz CT molecular complexity index is 606. The van der Waals surface area contributed by atoms with E-state index in [0.717, 1.165) is 0 Å². The number of amides is 1. The lowest BCUT2D eigenvalue weighted by Gasteiger charge is -2.04. The molecule has 0 saturated heterocycles. The highest BCUT2D eigenvalue weighted by molar-refractivity contribution is 6.05. The number of carbonyl (C=O) groups is 2. The van der Waals surface area contributed by atoms with E-state index in [9.17, 15) is 9.59 Å². The second-order valence-corrected chi connectivity index (χ2v) is 3.48. The van der Waals surface area contributed by atoms with Crippen LogP contribution >= 0.6 is 0 Å². The van der Waals surface area contributed by atoms with Crippen LogP contribution in [0.3, 0.4) is 0 Å². The zero-order chi connectivity index (χ0) is 13.1. The van der Waals surface area contributed by atoms with Crippen molar-refractivity contribution in [2.24, 2.45) is 0 Å². The van der Waals surface area contributed by atoms with Crippen LogP contribution in [0.1, 0.15) is 26.6 Å². The molecule has 0 aliphatic rings. The molecule has 0 radical (unpaired) electrons. The molecule has 2 N–H and O–H groups in total. The van der Waals surface area contributed by atoms with E-state index >= 15 is 0 Å². The number of aromatic carboxylic acids is 1. The third kappa shape index (κ3) is 2.34. The van der Waals surface area contributed by atoms with E-state index in [1.807, 2.05) is 0 Å². The standard InChI is InChI=1S/C11H9N3O4/c1-6-8(5-13-18-6)10(15)14-7-2-3-12-9(4-7)11(16)17/h2-5H,1H3,(H,16,17)(H,12,14,15). The Balaban J connectivity index is 2.20. The van der Waals surface area contributed by atoms with Crippen molar-refractivity contribution in [2.75, 3.05) is 5.32 Å². The van der Waals surface area contributed by atoms with Gasteiger partial charge in [0.25, 0.3) is 5.91 Å². The average Bonchev–Trinajstić information content (AvgIpc) is 2.76. The molecule has 0 aliphatic heterocycles. The van der Waals surface area contributed by atoms with Crippen molar-refractivity contribution in [1.29, 1.82) is 0 Å². The Morgan fingerprint density at radius 3 is 2.83 bits per heavy atom. The number of carboxylic acid groups (broad SMARTS) is 1. The molecule has 0 bridgehead atoms. The van der Waals surface area contributed by atoms with Gasteiger partial charge < -0.3 is 14.9 Å². The fourth-order valence-electron chi connectivity index (χ4n) is 1.34. The summed E-state index contributed by atoms with van der Waals surface area (Å²) in [6.07, 6.45) is 2.60. The summed E-state index contributed by atoms with van der Waals surface area (Å²) in [7, 11) is 0. The first kappa shape index (κ1) is 11.8. The second-order valence-electron chi connectivity index (χ2n) is 3.48. The number of hydrogen-bond acceptors (Lipinski definition) is 5. The molecule has 0 atom stereocenters. The molecule has 0 aliphatic carbocycles. The number of hydrogen-bond donors (Lipinski definition) is 2. The van der Waals surface area contributed by atoms with Crippen LogP contribution in [-0.4, -0.2) is 27.1 Å². The molecular formula is C11H9N3O4. The van der Waals surface area contributed by atoms with Gasteiger partial charge in [-0.2, -0.15) is 0 Å².